The van der Waals surface area contributed by atoms with Crippen molar-refractivity contribution in [1.82, 2.24) is 24.8 Å². The maximum atomic E-state index is 15.2. The highest BCUT2D eigenvalue weighted by Crippen LogP contribution is 2.35. The Morgan fingerprint density at radius 2 is 1.82 bits per heavy atom. The summed E-state index contributed by atoms with van der Waals surface area (Å²) < 4.78 is 50.8. The minimum atomic E-state index is -0.811. The van der Waals surface area contributed by atoms with E-state index in [2.05, 4.69) is 32.1 Å². The van der Waals surface area contributed by atoms with Crippen LogP contribution in [0.2, 0.25) is 0 Å². The number of aryl methyl sites for hydroxylation is 1. The molecule has 3 heterocycles. The van der Waals surface area contributed by atoms with Gasteiger partial charge >= 0.3 is 0 Å². The van der Waals surface area contributed by atoms with Crippen molar-refractivity contribution in [3.05, 3.63) is 65.4 Å². The number of anilines is 3. The van der Waals surface area contributed by atoms with Crippen molar-refractivity contribution >= 4 is 34.0 Å². The maximum absolute atomic E-state index is 15.2. The van der Waals surface area contributed by atoms with Crippen LogP contribution in [0.3, 0.4) is 0 Å². The SMILES string of the molecule is CCN1CCN(c2ccc(Nc3ncnc(Oc4cc(F)c5[nH]c(C)cc5c4F)c3C(=O)N(C)C)cc2F)CC1. The fraction of sp³-hybridized carbons (Fsp3) is 0.321. The van der Waals surface area contributed by atoms with Gasteiger partial charge in [0.05, 0.1) is 11.2 Å². The summed E-state index contributed by atoms with van der Waals surface area (Å²) in [5, 5.41) is 2.97. The van der Waals surface area contributed by atoms with Gasteiger partial charge in [0, 0.05) is 63.1 Å². The average Bonchev–Trinajstić information content (AvgIpc) is 3.34. The van der Waals surface area contributed by atoms with E-state index in [1.54, 1.807) is 19.1 Å². The van der Waals surface area contributed by atoms with E-state index in [1.165, 1.54) is 31.1 Å². The number of hydrogen-bond acceptors (Lipinski definition) is 7. The van der Waals surface area contributed by atoms with E-state index in [-0.39, 0.29) is 28.2 Å². The summed E-state index contributed by atoms with van der Waals surface area (Å²) in [6.45, 7) is 7.89. The maximum Gasteiger partial charge on any atom is 0.262 e. The van der Waals surface area contributed by atoms with Gasteiger partial charge in [0.25, 0.3) is 5.91 Å². The molecule has 2 aromatic heterocycles. The lowest BCUT2D eigenvalue weighted by Crippen LogP contribution is -2.46. The lowest BCUT2D eigenvalue weighted by Gasteiger charge is -2.35. The molecule has 5 rings (SSSR count). The van der Waals surface area contributed by atoms with Crippen molar-refractivity contribution in [2.24, 2.45) is 0 Å². The molecule has 1 saturated heterocycles. The Bertz CT molecular complexity index is 1570. The van der Waals surface area contributed by atoms with E-state index in [0.29, 0.717) is 17.1 Å². The summed E-state index contributed by atoms with van der Waals surface area (Å²) >= 11 is 0. The normalized spacial score (nSPS) is 14.0. The van der Waals surface area contributed by atoms with Crippen LogP contribution in [0.15, 0.2) is 36.7 Å². The van der Waals surface area contributed by atoms with E-state index < -0.39 is 29.1 Å². The van der Waals surface area contributed by atoms with Gasteiger partial charge in [-0.25, -0.2) is 23.1 Å². The molecule has 1 fully saturated rings. The molecule has 2 N–H and O–H groups in total. The van der Waals surface area contributed by atoms with Gasteiger partial charge in [-0.05, 0) is 37.7 Å². The molecule has 9 nitrogen and oxygen atoms in total. The predicted molar refractivity (Wildman–Crippen MR) is 147 cm³/mol. The molecule has 1 aliphatic rings. The molecule has 0 radical (unpaired) electrons. The van der Waals surface area contributed by atoms with Gasteiger partial charge in [0.1, 0.15) is 17.7 Å². The first kappa shape index (κ1) is 27.3. The summed E-state index contributed by atoms with van der Waals surface area (Å²) in [5.74, 6) is -3.22. The number of rotatable bonds is 7. The van der Waals surface area contributed by atoms with Crippen molar-refractivity contribution in [2.45, 2.75) is 13.8 Å². The molecular weight excluding hydrogens is 523 g/mol. The number of halogens is 3. The van der Waals surface area contributed by atoms with Crippen molar-refractivity contribution in [3.63, 3.8) is 0 Å². The Hall–Kier alpha value is -4.32. The Morgan fingerprint density at radius 3 is 2.50 bits per heavy atom. The lowest BCUT2D eigenvalue weighted by molar-refractivity contribution is 0.0825. The largest absolute Gasteiger partial charge is 0.435 e. The highest BCUT2D eigenvalue weighted by molar-refractivity contribution is 6.01. The van der Waals surface area contributed by atoms with Crippen LogP contribution in [0.5, 0.6) is 11.6 Å². The van der Waals surface area contributed by atoms with Gasteiger partial charge in [0.15, 0.2) is 23.2 Å². The van der Waals surface area contributed by atoms with Crippen molar-refractivity contribution in [3.8, 4) is 11.6 Å². The molecule has 0 bridgehead atoms. The van der Waals surface area contributed by atoms with Crippen molar-refractivity contribution in [1.29, 1.82) is 0 Å². The third-order valence-electron chi connectivity index (χ3n) is 6.91. The molecule has 12 heteroatoms. The number of piperazine rings is 1. The zero-order valence-electron chi connectivity index (χ0n) is 22.7. The van der Waals surface area contributed by atoms with E-state index in [9.17, 15) is 9.18 Å². The third kappa shape index (κ3) is 5.26. The standard InChI is InChI=1S/C28H30F3N7O2/c1-5-37-8-10-38(11-9-37)21-7-6-17(13-19(21)29)35-26-23(28(39)36(3)4)27(33-15-32-26)40-22-14-20(30)25-18(24(22)31)12-16(2)34-25/h6-7,12-15,34H,5,8-11H2,1-4H3,(H,32,33,35). The number of carbonyl (C=O) groups excluding carboxylic acids is 1. The number of carbonyl (C=O) groups is 1. The van der Waals surface area contributed by atoms with Crippen LogP contribution in [-0.2, 0) is 0 Å². The number of benzene rings is 2. The fourth-order valence-corrected chi connectivity index (χ4v) is 4.75. The number of H-pyrrole nitrogens is 1. The molecule has 210 valence electrons. The molecule has 0 saturated carbocycles. The minimum Gasteiger partial charge on any atom is -0.435 e. The predicted octanol–water partition coefficient (Wildman–Crippen LogP) is 5.06. The van der Waals surface area contributed by atoms with E-state index in [0.717, 1.165) is 45.1 Å². The number of likely N-dealkylation sites (N-methyl/N-ethyl adjacent to an activating group) is 1. The van der Waals surface area contributed by atoms with Crippen LogP contribution in [0.1, 0.15) is 23.0 Å². The molecule has 4 aromatic rings. The molecule has 40 heavy (non-hydrogen) atoms. The number of fused-ring (bicyclic) bond motifs is 1. The molecule has 0 spiro atoms. The minimum absolute atomic E-state index is 0.00654. The molecule has 0 atom stereocenters. The summed E-state index contributed by atoms with van der Waals surface area (Å²) in [6.07, 6.45) is 1.12. The van der Waals surface area contributed by atoms with Crippen LogP contribution in [-0.4, -0.2) is 77.5 Å². The Balaban J connectivity index is 1.47. The van der Waals surface area contributed by atoms with Crippen LogP contribution < -0.4 is 15.0 Å². The van der Waals surface area contributed by atoms with E-state index >= 15 is 8.78 Å². The monoisotopic (exact) mass is 553 g/mol. The molecular formula is C28H30F3N7O2. The number of amides is 1. The number of nitrogens with one attached hydrogen (secondary N) is 2. The highest BCUT2D eigenvalue weighted by Gasteiger charge is 2.26. The second-order valence-corrected chi connectivity index (χ2v) is 9.83. The van der Waals surface area contributed by atoms with Gasteiger partial charge in [-0.3, -0.25) is 4.79 Å². The summed E-state index contributed by atoms with van der Waals surface area (Å²) in [4.78, 5) is 29.7. The first-order valence-corrected chi connectivity index (χ1v) is 12.9. The number of nitrogens with zero attached hydrogens (tertiary/aromatic N) is 5. The van der Waals surface area contributed by atoms with E-state index in [4.69, 9.17) is 4.74 Å². The molecule has 1 aliphatic heterocycles. The Morgan fingerprint density at radius 1 is 1.07 bits per heavy atom. The fourth-order valence-electron chi connectivity index (χ4n) is 4.75. The van der Waals surface area contributed by atoms with Gasteiger partial charge in [0.2, 0.25) is 5.88 Å². The molecule has 2 aromatic carbocycles. The highest BCUT2D eigenvalue weighted by atomic mass is 19.1. The topological polar surface area (TPSA) is 89.6 Å². The van der Waals surface area contributed by atoms with Crippen molar-refractivity contribution in [2.75, 3.05) is 57.0 Å². The smallest absolute Gasteiger partial charge is 0.262 e. The van der Waals surface area contributed by atoms with Crippen molar-refractivity contribution < 1.29 is 22.7 Å². The second-order valence-electron chi connectivity index (χ2n) is 9.83. The van der Waals surface area contributed by atoms with E-state index in [1.807, 2.05) is 4.90 Å². The third-order valence-corrected chi connectivity index (χ3v) is 6.91. The number of aromatic nitrogens is 3. The number of aromatic amines is 1. The first-order chi connectivity index (χ1) is 19.2. The zero-order valence-corrected chi connectivity index (χ0v) is 22.7. The lowest BCUT2D eigenvalue weighted by atomic mass is 10.2. The summed E-state index contributed by atoms with van der Waals surface area (Å²) in [6, 6.07) is 7.04. The van der Waals surface area contributed by atoms with Crippen LogP contribution in [0.25, 0.3) is 10.9 Å². The average molecular weight is 554 g/mol. The number of hydrogen-bond donors (Lipinski definition) is 2. The van der Waals surface area contributed by atoms with Gasteiger partial charge in [-0.2, -0.15) is 0 Å². The Kier molecular flexibility index (Phi) is 7.53. The zero-order chi connectivity index (χ0) is 28.6. The molecule has 0 unspecified atom stereocenters. The van der Waals surface area contributed by atoms with Gasteiger partial charge < -0.3 is 29.7 Å². The second kappa shape index (κ2) is 11.0. The molecule has 1 amide bonds. The van der Waals surface area contributed by atoms with Crippen LogP contribution in [0, 0.1) is 24.4 Å². The van der Waals surface area contributed by atoms with Crippen LogP contribution in [0.4, 0.5) is 30.4 Å². The summed E-state index contributed by atoms with van der Waals surface area (Å²) in [5.41, 5.74) is 1.29. The molecule has 0 aliphatic carbocycles. The Labute approximate surface area is 229 Å². The van der Waals surface area contributed by atoms with Crippen LogP contribution >= 0.6 is 0 Å². The van der Waals surface area contributed by atoms with Gasteiger partial charge in [-0.1, -0.05) is 6.92 Å². The number of ether oxygens (including phenoxy) is 1. The summed E-state index contributed by atoms with van der Waals surface area (Å²) in [7, 11) is 3.04. The quantitative estimate of drug-likeness (QED) is 0.331. The first-order valence-electron chi connectivity index (χ1n) is 12.9. The van der Waals surface area contributed by atoms with Gasteiger partial charge in [-0.15, -0.1) is 0 Å².